The van der Waals surface area contributed by atoms with E-state index in [1.54, 1.807) is 13.8 Å². The highest BCUT2D eigenvalue weighted by atomic mass is 35.5. The number of rotatable bonds is 15. The van der Waals surface area contributed by atoms with Crippen molar-refractivity contribution >= 4 is 58.6 Å². The van der Waals surface area contributed by atoms with E-state index in [9.17, 15) is 24.0 Å². The number of carbonyl (C=O) groups is 4. The maximum atomic E-state index is 12.5. The predicted molar refractivity (Wildman–Crippen MR) is 201 cm³/mol. The topological polar surface area (TPSA) is 196 Å². The number of alkyl carbamates (subject to hydrolysis) is 2. The van der Waals surface area contributed by atoms with E-state index in [0.717, 1.165) is 17.7 Å². The van der Waals surface area contributed by atoms with Crippen molar-refractivity contribution in [3.05, 3.63) is 68.3 Å². The van der Waals surface area contributed by atoms with E-state index in [-0.39, 0.29) is 40.2 Å². The highest BCUT2D eigenvalue weighted by Crippen LogP contribution is 2.30. The summed E-state index contributed by atoms with van der Waals surface area (Å²) < 4.78 is 10.1. The minimum Gasteiger partial charge on any atom is -0.453 e. The van der Waals surface area contributed by atoms with Crippen LogP contribution in [0.2, 0.25) is 0 Å². The molecule has 3 rings (SSSR count). The Labute approximate surface area is 308 Å². The SMILES string of the molecule is CCN(CCOC(=O)NCCC(C)(C)CC(C)CNC(=O)Nc1nc(C)cc(=O)[nH]1)c1ccc(N=C2C=C(NC(=O)OC)C(=O)C(Cl)=C2C)c(C)c1. The van der Waals surface area contributed by atoms with Crippen molar-refractivity contribution in [1.29, 1.82) is 0 Å². The molecule has 1 atom stereocenters. The molecule has 1 aromatic heterocycles. The number of aryl methyl sites for hydroxylation is 2. The zero-order chi connectivity index (χ0) is 38.6. The number of Topliss-reactive ketones (excluding diaryl/α,β-unsaturated/α-hetero) is 1. The largest absolute Gasteiger partial charge is 0.453 e. The van der Waals surface area contributed by atoms with Gasteiger partial charge in [-0.25, -0.2) is 24.4 Å². The van der Waals surface area contributed by atoms with Crippen LogP contribution in [-0.2, 0) is 14.3 Å². The van der Waals surface area contributed by atoms with E-state index in [1.807, 2.05) is 39.0 Å². The Balaban J connectivity index is 1.44. The molecule has 0 aliphatic heterocycles. The maximum Gasteiger partial charge on any atom is 0.411 e. The third kappa shape index (κ3) is 12.5. The van der Waals surface area contributed by atoms with Crippen molar-refractivity contribution in [3.8, 4) is 0 Å². The zero-order valence-electron chi connectivity index (χ0n) is 31.0. The molecule has 0 spiro atoms. The maximum absolute atomic E-state index is 12.5. The minimum atomic E-state index is -0.789. The van der Waals surface area contributed by atoms with Crippen molar-refractivity contribution in [2.75, 3.05) is 50.1 Å². The van der Waals surface area contributed by atoms with Gasteiger partial charge >= 0.3 is 18.2 Å². The van der Waals surface area contributed by atoms with Crippen molar-refractivity contribution in [1.82, 2.24) is 25.9 Å². The lowest BCUT2D eigenvalue weighted by atomic mass is 9.80. The number of benzene rings is 1. The number of amides is 4. The lowest BCUT2D eigenvalue weighted by molar-refractivity contribution is -0.112. The number of nitrogens with zero attached hydrogens (tertiary/aromatic N) is 3. The van der Waals surface area contributed by atoms with Crippen LogP contribution in [0, 0.1) is 25.2 Å². The van der Waals surface area contributed by atoms with Crippen LogP contribution in [-0.4, -0.2) is 79.6 Å². The van der Waals surface area contributed by atoms with Crippen molar-refractivity contribution in [2.24, 2.45) is 16.3 Å². The summed E-state index contributed by atoms with van der Waals surface area (Å²) in [6.45, 7) is 15.7. The molecule has 0 saturated heterocycles. The number of ether oxygens (including phenoxy) is 2. The summed E-state index contributed by atoms with van der Waals surface area (Å²) >= 11 is 6.25. The summed E-state index contributed by atoms with van der Waals surface area (Å²) in [6.07, 6.45) is 1.69. The van der Waals surface area contributed by atoms with Gasteiger partial charge in [0.2, 0.25) is 11.7 Å². The standard InChI is InChI=1S/C36H49ClN8O7/c1-9-45(25-10-11-26(22(3)16-25)41-27-18-28(42-35(50)51-8)31(47)30(37)24(27)5)14-15-52-34(49)38-13-12-36(6,7)19-21(2)20-39-33(48)44-32-40-23(4)17-29(46)43-32/h10-11,16-18,21H,9,12-15,19-20H2,1-8H3,(H,38,49)(H,42,50)(H3,39,40,43,44,46,48). The van der Waals surface area contributed by atoms with E-state index < -0.39 is 24.0 Å². The molecule has 0 radical (unpaired) electrons. The van der Waals surface area contributed by atoms with E-state index in [4.69, 9.17) is 21.3 Å². The summed E-state index contributed by atoms with van der Waals surface area (Å²) in [5.74, 6) is -0.280. The number of likely N-dealkylation sites (N-methyl/N-ethyl adjacent to an activating group) is 1. The fourth-order valence-electron chi connectivity index (χ4n) is 5.62. The lowest BCUT2D eigenvalue weighted by Gasteiger charge is -2.28. The molecular formula is C36H49ClN8O7. The summed E-state index contributed by atoms with van der Waals surface area (Å²) in [7, 11) is 1.20. The van der Waals surface area contributed by atoms with Crippen molar-refractivity contribution < 1.29 is 28.7 Å². The number of anilines is 2. The first-order chi connectivity index (χ1) is 24.5. The fourth-order valence-corrected chi connectivity index (χ4v) is 5.82. The van der Waals surface area contributed by atoms with Gasteiger partial charge in [0.15, 0.2) is 0 Å². The summed E-state index contributed by atoms with van der Waals surface area (Å²) in [6, 6.07) is 6.63. The van der Waals surface area contributed by atoms with Gasteiger partial charge in [-0.3, -0.25) is 25.2 Å². The van der Waals surface area contributed by atoms with Gasteiger partial charge in [-0.15, -0.1) is 0 Å². The van der Waals surface area contributed by atoms with Gasteiger partial charge < -0.3 is 25.0 Å². The Morgan fingerprint density at radius 2 is 1.81 bits per heavy atom. The number of aliphatic imine (C=N–C) groups is 1. The first-order valence-corrected chi connectivity index (χ1v) is 17.4. The molecule has 52 heavy (non-hydrogen) atoms. The van der Waals surface area contributed by atoms with E-state index in [0.29, 0.717) is 55.3 Å². The number of allylic oxidation sites excluding steroid dienone is 3. The zero-order valence-corrected chi connectivity index (χ0v) is 31.7. The molecule has 5 N–H and O–H groups in total. The Morgan fingerprint density at radius 3 is 2.46 bits per heavy atom. The fraction of sp³-hybridized carbons (Fsp3) is 0.472. The number of H-pyrrole nitrogens is 1. The predicted octanol–water partition coefficient (Wildman–Crippen LogP) is 5.61. The second kappa shape index (κ2) is 18.9. The van der Waals surface area contributed by atoms with Gasteiger partial charge in [0, 0.05) is 37.1 Å². The molecule has 1 aromatic carbocycles. The first-order valence-electron chi connectivity index (χ1n) is 17.0. The Bertz CT molecular complexity index is 1800. The molecule has 4 amide bonds. The van der Waals surface area contributed by atoms with Crippen LogP contribution in [0.15, 0.2) is 56.4 Å². The summed E-state index contributed by atoms with van der Waals surface area (Å²) in [5.41, 5.74) is 3.39. The molecule has 16 heteroatoms. The van der Waals surface area contributed by atoms with Gasteiger partial charge in [0.05, 0.1) is 35.8 Å². The van der Waals surface area contributed by atoms with Gasteiger partial charge in [0.25, 0.3) is 5.56 Å². The third-order valence-corrected chi connectivity index (χ3v) is 8.76. The van der Waals surface area contributed by atoms with E-state index in [1.165, 1.54) is 19.3 Å². The van der Waals surface area contributed by atoms with Crippen LogP contribution in [0.1, 0.15) is 58.7 Å². The molecule has 15 nitrogen and oxygen atoms in total. The number of methoxy groups -OCH3 is 1. The molecular weight excluding hydrogens is 692 g/mol. The number of aromatic amines is 1. The van der Waals surface area contributed by atoms with Gasteiger partial charge in [-0.2, -0.15) is 0 Å². The molecule has 1 unspecified atom stereocenters. The molecule has 282 valence electrons. The number of carbonyl (C=O) groups excluding carboxylic acids is 4. The number of nitrogens with one attached hydrogen (secondary N) is 5. The molecule has 0 saturated carbocycles. The average molecular weight is 741 g/mol. The quantitative estimate of drug-likeness (QED) is 0.144. The molecule has 0 fully saturated rings. The van der Waals surface area contributed by atoms with E-state index >= 15 is 0 Å². The lowest BCUT2D eigenvalue weighted by Crippen LogP contribution is -2.35. The number of aromatic nitrogens is 2. The first kappa shape index (κ1) is 41.2. The second-order valence-corrected chi connectivity index (χ2v) is 13.7. The Hall–Kier alpha value is -5.18. The monoisotopic (exact) mass is 740 g/mol. The molecule has 2 aromatic rings. The third-order valence-electron chi connectivity index (χ3n) is 8.31. The van der Waals surface area contributed by atoms with Crippen LogP contribution in [0.25, 0.3) is 0 Å². The molecule has 1 aliphatic rings. The van der Waals surface area contributed by atoms with Gasteiger partial charge in [-0.05, 0) is 87.3 Å². The average Bonchev–Trinajstić information content (AvgIpc) is 3.06. The number of hydrogen-bond donors (Lipinski definition) is 5. The highest BCUT2D eigenvalue weighted by molar-refractivity contribution is 6.49. The second-order valence-electron chi connectivity index (χ2n) is 13.3. The smallest absolute Gasteiger partial charge is 0.411 e. The van der Waals surface area contributed by atoms with Crippen LogP contribution in [0.3, 0.4) is 0 Å². The van der Waals surface area contributed by atoms with Crippen LogP contribution in [0.5, 0.6) is 0 Å². The Morgan fingerprint density at radius 1 is 1.08 bits per heavy atom. The summed E-state index contributed by atoms with van der Waals surface area (Å²) in [4.78, 5) is 73.9. The van der Waals surface area contributed by atoms with Crippen molar-refractivity contribution in [3.63, 3.8) is 0 Å². The van der Waals surface area contributed by atoms with E-state index in [2.05, 4.69) is 54.7 Å². The number of urea groups is 1. The van der Waals surface area contributed by atoms with Crippen LogP contribution in [0.4, 0.5) is 31.7 Å². The number of hydrogen-bond acceptors (Lipinski definition) is 10. The normalized spacial score (nSPS) is 14.4. The highest BCUT2D eigenvalue weighted by Gasteiger charge is 2.26. The molecule has 1 heterocycles. The van der Waals surface area contributed by atoms with Gasteiger partial charge in [-0.1, -0.05) is 32.4 Å². The van der Waals surface area contributed by atoms with Crippen LogP contribution < -0.4 is 31.7 Å². The minimum absolute atomic E-state index is 0.0278. The molecule has 1 aliphatic carbocycles. The van der Waals surface area contributed by atoms with Crippen LogP contribution >= 0.6 is 11.6 Å². The number of ketones is 1. The van der Waals surface area contributed by atoms with Crippen molar-refractivity contribution in [2.45, 2.75) is 61.3 Å². The Kier molecular flexibility index (Phi) is 15.0. The van der Waals surface area contributed by atoms with Gasteiger partial charge in [0.1, 0.15) is 6.61 Å². The summed E-state index contributed by atoms with van der Waals surface area (Å²) in [5, 5.41) is 10.5. The molecule has 0 bridgehead atoms. The number of halogens is 1.